The minimum atomic E-state index is -0.549. The third-order valence-electron chi connectivity index (χ3n) is 2.52. The van der Waals surface area contributed by atoms with Crippen LogP contribution in [0.1, 0.15) is 47.5 Å². The molecule has 0 aliphatic rings. The van der Waals surface area contributed by atoms with Crippen molar-refractivity contribution in [1.82, 2.24) is 16.0 Å². The van der Waals surface area contributed by atoms with Gasteiger partial charge in [0.25, 0.3) is 0 Å². The Morgan fingerprint density at radius 3 is 2.09 bits per heavy atom. The number of hydrogen-bond donors (Lipinski definition) is 3. The van der Waals surface area contributed by atoms with Crippen molar-refractivity contribution in [3.63, 3.8) is 0 Å². The van der Waals surface area contributed by atoms with Crippen LogP contribution in [-0.4, -0.2) is 43.1 Å². The van der Waals surface area contributed by atoms with E-state index >= 15 is 0 Å². The molecule has 0 aromatic heterocycles. The van der Waals surface area contributed by atoms with Crippen LogP contribution >= 0.6 is 0 Å². The lowest BCUT2D eigenvalue weighted by molar-refractivity contribution is -0.124. The molecule has 0 fully saturated rings. The van der Waals surface area contributed by atoms with Crippen molar-refractivity contribution >= 4 is 17.9 Å². The van der Waals surface area contributed by atoms with Crippen LogP contribution in [0, 0.1) is 5.92 Å². The average molecular weight is 315 g/mol. The summed E-state index contributed by atoms with van der Waals surface area (Å²) < 4.78 is 5.05. The van der Waals surface area contributed by atoms with Crippen LogP contribution in [0.3, 0.4) is 0 Å². The van der Waals surface area contributed by atoms with E-state index in [4.69, 9.17) is 4.74 Å². The molecule has 3 amide bonds. The van der Waals surface area contributed by atoms with Gasteiger partial charge < -0.3 is 20.7 Å². The number of amides is 3. The molecular formula is C15H29N3O4. The van der Waals surface area contributed by atoms with Gasteiger partial charge in [-0.2, -0.15) is 0 Å². The molecule has 0 saturated heterocycles. The maximum absolute atomic E-state index is 11.5. The molecule has 0 saturated carbocycles. The van der Waals surface area contributed by atoms with Gasteiger partial charge in [0.2, 0.25) is 11.8 Å². The average Bonchev–Trinajstić information content (AvgIpc) is 2.35. The molecule has 7 heteroatoms. The van der Waals surface area contributed by atoms with Crippen LogP contribution in [0.15, 0.2) is 0 Å². The topological polar surface area (TPSA) is 96.5 Å². The van der Waals surface area contributed by atoms with E-state index in [1.807, 2.05) is 13.8 Å². The monoisotopic (exact) mass is 315 g/mol. The quantitative estimate of drug-likeness (QED) is 0.586. The summed E-state index contributed by atoms with van der Waals surface area (Å²) in [5.74, 6) is -0.173. The second-order valence-corrected chi connectivity index (χ2v) is 6.33. The highest BCUT2D eigenvalue weighted by atomic mass is 16.6. The highest BCUT2D eigenvalue weighted by molar-refractivity contribution is 5.78. The zero-order valence-corrected chi connectivity index (χ0v) is 14.2. The van der Waals surface area contributed by atoms with E-state index in [0.29, 0.717) is 19.5 Å². The Morgan fingerprint density at radius 1 is 0.955 bits per heavy atom. The molecule has 0 radical (unpaired) electrons. The lowest BCUT2D eigenvalue weighted by Gasteiger charge is -2.19. The first-order chi connectivity index (χ1) is 10.1. The van der Waals surface area contributed by atoms with E-state index < -0.39 is 11.7 Å². The largest absolute Gasteiger partial charge is 0.444 e. The Bertz CT molecular complexity index is 375. The number of hydrogen-bond acceptors (Lipinski definition) is 4. The van der Waals surface area contributed by atoms with Crippen LogP contribution in [-0.2, 0) is 14.3 Å². The molecule has 0 rings (SSSR count). The smallest absolute Gasteiger partial charge is 0.407 e. The molecule has 0 heterocycles. The SMILES string of the molecule is CC(C)C(=O)NCCCNC(=O)CCNC(=O)OC(C)(C)C. The molecule has 22 heavy (non-hydrogen) atoms. The van der Waals surface area contributed by atoms with Gasteiger partial charge in [-0.1, -0.05) is 13.8 Å². The van der Waals surface area contributed by atoms with Gasteiger partial charge in [-0.15, -0.1) is 0 Å². The summed E-state index contributed by atoms with van der Waals surface area (Å²) in [6, 6.07) is 0. The minimum Gasteiger partial charge on any atom is -0.444 e. The van der Waals surface area contributed by atoms with E-state index in [9.17, 15) is 14.4 Å². The van der Waals surface area contributed by atoms with Crippen LogP contribution < -0.4 is 16.0 Å². The highest BCUT2D eigenvalue weighted by Crippen LogP contribution is 2.06. The van der Waals surface area contributed by atoms with Crippen LogP contribution in [0.4, 0.5) is 4.79 Å². The molecule has 0 spiro atoms. The molecule has 0 bridgehead atoms. The van der Waals surface area contributed by atoms with E-state index in [-0.39, 0.29) is 30.7 Å². The normalized spacial score (nSPS) is 11.0. The second-order valence-electron chi connectivity index (χ2n) is 6.33. The maximum atomic E-state index is 11.5. The van der Waals surface area contributed by atoms with Gasteiger partial charge in [-0.25, -0.2) is 4.79 Å². The van der Waals surface area contributed by atoms with Crippen molar-refractivity contribution in [2.75, 3.05) is 19.6 Å². The van der Waals surface area contributed by atoms with E-state index in [0.717, 1.165) is 0 Å². The summed E-state index contributed by atoms with van der Waals surface area (Å²) in [5.41, 5.74) is -0.549. The molecule has 0 aromatic carbocycles. The zero-order chi connectivity index (χ0) is 17.2. The Balaban J connectivity index is 3.59. The van der Waals surface area contributed by atoms with Crippen molar-refractivity contribution in [3.8, 4) is 0 Å². The first-order valence-corrected chi connectivity index (χ1v) is 7.63. The third-order valence-corrected chi connectivity index (χ3v) is 2.52. The van der Waals surface area contributed by atoms with Crippen molar-refractivity contribution in [3.05, 3.63) is 0 Å². The van der Waals surface area contributed by atoms with Gasteiger partial charge in [0, 0.05) is 32.0 Å². The standard InChI is InChI=1S/C15H29N3O4/c1-11(2)13(20)17-9-6-8-16-12(19)7-10-18-14(21)22-15(3,4)5/h11H,6-10H2,1-5H3,(H,16,19)(H,17,20)(H,18,21). The second kappa shape index (κ2) is 10.0. The van der Waals surface area contributed by atoms with Gasteiger partial charge in [0.05, 0.1) is 0 Å². The number of carbonyl (C=O) groups excluding carboxylic acids is 3. The number of rotatable bonds is 8. The summed E-state index contributed by atoms with van der Waals surface area (Å²) >= 11 is 0. The lowest BCUT2D eigenvalue weighted by atomic mass is 10.2. The molecular weight excluding hydrogens is 286 g/mol. The predicted molar refractivity (Wildman–Crippen MR) is 84.3 cm³/mol. The van der Waals surface area contributed by atoms with Crippen LogP contribution in [0.25, 0.3) is 0 Å². The Labute approximate surface area is 132 Å². The van der Waals surface area contributed by atoms with Crippen LogP contribution in [0.2, 0.25) is 0 Å². The lowest BCUT2D eigenvalue weighted by Crippen LogP contribution is -2.36. The molecule has 128 valence electrons. The fourth-order valence-corrected chi connectivity index (χ4v) is 1.41. The van der Waals surface area contributed by atoms with Gasteiger partial charge in [-0.05, 0) is 27.2 Å². The molecule has 0 atom stereocenters. The van der Waals surface area contributed by atoms with Crippen LogP contribution in [0.5, 0.6) is 0 Å². The van der Waals surface area contributed by atoms with Gasteiger partial charge >= 0.3 is 6.09 Å². The zero-order valence-electron chi connectivity index (χ0n) is 14.2. The Kier molecular flexibility index (Phi) is 9.21. The number of carbonyl (C=O) groups is 3. The molecule has 0 aromatic rings. The minimum absolute atomic E-state index is 0.00730. The molecule has 0 aliphatic heterocycles. The summed E-state index contributed by atoms with van der Waals surface area (Å²) in [6.07, 6.45) is 0.332. The number of nitrogens with one attached hydrogen (secondary N) is 3. The van der Waals surface area contributed by atoms with Crippen molar-refractivity contribution in [1.29, 1.82) is 0 Å². The van der Waals surface area contributed by atoms with Gasteiger partial charge in [0.1, 0.15) is 5.60 Å². The summed E-state index contributed by atoms with van der Waals surface area (Å²) in [4.78, 5) is 34.2. The highest BCUT2D eigenvalue weighted by Gasteiger charge is 2.15. The maximum Gasteiger partial charge on any atom is 0.407 e. The van der Waals surface area contributed by atoms with Gasteiger partial charge in [0.15, 0.2) is 0 Å². The molecule has 0 unspecified atom stereocenters. The Hall–Kier alpha value is -1.79. The molecule has 7 nitrogen and oxygen atoms in total. The number of alkyl carbamates (subject to hydrolysis) is 1. The Morgan fingerprint density at radius 2 is 1.55 bits per heavy atom. The fraction of sp³-hybridized carbons (Fsp3) is 0.800. The van der Waals surface area contributed by atoms with Crippen molar-refractivity contribution in [2.24, 2.45) is 5.92 Å². The number of ether oxygens (including phenoxy) is 1. The van der Waals surface area contributed by atoms with Gasteiger partial charge in [-0.3, -0.25) is 9.59 Å². The fourth-order valence-electron chi connectivity index (χ4n) is 1.41. The predicted octanol–water partition coefficient (Wildman–Crippen LogP) is 1.18. The van der Waals surface area contributed by atoms with E-state index in [1.165, 1.54) is 0 Å². The first kappa shape index (κ1) is 20.2. The molecule has 0 aliphatic carbocycles. The van der Waals surface area contributed by atoms with Crippen molar-refractivity contribution < 1.29 is 19.1 Å². The third kappa shape index (κ3) is 12.0. The summed E-state index contributed by atoms with van der Waals surface area (Å²) in [7, 11) is 0. The summed E-state index contributed by atoms with van der Waals surface area (Å²) in [5, 5.41) is 8.02. The van der Waals surface area contributed by atoms with Crippen molar-refractivity contribution in [2.45, 2.75) is 53.1 Å². The van der Waals surface area contributed by atoms with E-state index in [1.54, 1.807) is 20.8 Å². The van der Waals surface area contributed by atoms with E-state index in [2.05, 4.69) is 16.0 Å². The first-order valence-electron chi connectivity index (χ1n) is 7.63. The molecule has 3 N–H and O–H groups in total. The summed E-state index contributed by atoms with van der Waals surface area (Å²) in [6.45, 7) is 10.2.